The first-order valence-corrected chi connectivity index (χ1v) is 13.8. The van der Waals surface area contributed by atoms with E-state index in [1.54, 1.807) is 6.20 Å². The minimum absolute atomic E-state index is 0.182. The van der Waals surface area contributed by atoms with Gasteiger partial charge in [0.05, 0.1) is 6.20 Å². The Hall–Kier alpha value is -2.40. The van der Waals surface area contributed by atoms with Crippen molar-refractivity contribution in [2.75, 3.05) is 30.3 Å². The minimum Gasteiger partial charge on any atom is -0.368 e. The Balaban J connectivity index is 1.24. The van der Waals surface area contributed by atoms with Gasteiger partial charge in [-0.3, -0.25) is 4.90 Å². The second kappa shape index (κ2) is 10.9. The van der Waals surface area contributed by atoms with Gasteiger partial charge in [0, 0.05) is 30.2 Å². The quantitative estimate of drug-likeness (QED) is 0.482. The Morgan fingerprint density at radius 1 is 1.14 bits per heavy atom. The van der Waals surface area contributed by atoms with E-state index < -0.39 is 0 Å². The molecule has 1 aromatic heterocycles. The van der Waals surface area contributed by atoms with Crippen molar-refractivity contribution < 1.29 is 0 Å². The first-order chi connectivity index (χ1) is 17.4. The molecule has 0 amide bonds. The van der Waals surface area contributed by atoms with Gasteiger partial charge >= 0.3 is 0 Å². The standard InChI is InChI=1S/C28H38ClN7/c1-28(13-19-6-4-7-20(14-28)25(19)36-11-9-23(31)10-12-36)18-34-26-22(15-30)17-33-27(35-26)32-16-21-5-2-3-8-24(21)29/h2-3,5,8,17,19-20,23,25H,4,6-7,9-14,16,18,31H2,1H3,(H2,32,33,34,35)/t19-,20+,25?,28?. The third kappa shape index (κ3) is 5.61. The summed E-state index contributed by atoms with van der Waals surface area (Å²) < 4.78 is 0. The molecule has 2 heterocycles. The second-order valence-electron chi connectivity index (χ2n) is 11.4. The molecule has 2 unspecified atom stereocenters. The lowest BCUT2D eigenvalue weighted by Crippen LogP contribution is -2.57. The number of aromatic nitrogens is 2. The van der Waals surface area contributed by atoms with E-state index in [-0.39, 0.29) is 5.41 Å². The highest BCUT2D eigenvalue weighted by molar-refractivity contribution is 6.31. The summed E-state index contributed by atoms with van der Waals surface area (Å²) in [4.78, 5) is 11.8. The number of nitrogens with one attached hydrogen (secondary N) is 2. The fourth-order valence-electron chi connectivity index (χ4n) is 6.92. The largest absolute Gasteiger partial charge is 0.368 e. The average molecular weight is 508 g/mol. The zero-order valence-electron chi connectivity index (χ0n) is 21.2. The van der Waals surface area contributed by atoms with E-state index in [4.69, 9.17) is 17.3 Å². The molecule has 7 nitrogen and oxygen atoms in total. The van der Waals surface area contributed by atoms with E-state index in [0.29, 0.717) is 41.0 Å². The number of nitrogens with two attached hydrogens (primary N) is 1. The van der Waals surface area contributed by atoms with E-state index in [1.165, 1.54) is 32.1 Å². The maximum Gasteiger partial charge on any atom is 0.224 e. The van der Waals surface area contributed by atoms with Crippen LogP contribution in [-0.2, 0) is 6.54 Å². The van der Waals surface area contributed by atoms with Gasteiger partial charge in [-0.25, -0.2) is 4.98 Å². The summed E-state index contributed by atoms with van der Waals surface area (Å²) in [6.45, 7) is 6.06. The number of halogens is 1. The van der Waals surface area contributed by atoms with Gasteiger partial charge in [-0.1, -0.05) is 43.1 Å². The first kappa shape index (κ1) is 25.3. The molecule has 36 heavy (non-hydrogen) atoms. The fraction of sp³-hybridized carbons (Fsp3) is 0.607. The van der Waals surface area contributed by atoms with Gasteiger partial charge in [-0.15, -0.1) is 0 Å². The van der Waals surface area contributed by atoms with Crippen LogP contribution >= 0.6 is 11.6 Å². The Bertz CT molecular complexity index is 1080. The van der Waals surface area contributed by atoms with E-state index in [2.05, 4.69) is 38.5 Å². The lowest BCUT2D eigenvalue weighted by molar-refractivity contribution is -0.0361. The molecule has 8 heteroatoms. The van der Waals surface area contributed by atoms with Crippen LogP contribution in [0.1, 0.15) is 63.0 Å². The van der Waals surface area contributed by atoms with Crippen LogP contribution in [0.25, 0.3) is 0 Å². The Morgan fingerprint density at radius 3 is 2.56 bits per heavy atom. The highest BCUT2D eigenvalue weighted by Gasteiger charge is 2.47. The molecule has 192 valence electrons. The number of hydrogen-bond donors (Lipinski definition) is 3. The molecule has 3 fully saturated rings. The van der Waals surface area contributed by atoms with Crippen molar-refractivity contribution in [1.29, 1.82) is 5.26 Å². The van der Waals surface area contributed by atoms with Gasteiger partial charge in [0.2, 0.25) is 5.95 Å². The average Bonchev–Trinajstić information content (AvgIpc) is 2.87. The maximum atomic E-state index is 9.66. The summed E-state index contributed by atoms with van der Waals surface area (Å²) in [5, 5.41) is 17.2. The fourth-order valence-corrected chi connectivity index (χ4v) is 7.12. The Labute approximate surface area is 219 Å². The van der Waals surface area contributed by atoms with Crippen LogP contribution in [0.4, 0.5) is 11.8 Å². The Kier molecular flexibility index (Phi) is 7.66. The number of nitriles is 1. The summed E-state index contributed by atoms with van der Waals surface area (Å²) in [6, 6.07) is 11.1. The number of fused-ring (bicyclic) bond motifs is 2. The van der Waals surface area contributed by atoms with Gasteiger partial charge in [0.1, 0.15) is 17.5 Å². The summed E-state index contributed by atoms with van der Waals surface area (Å²) >= 11 is 6.28. The molecule has 2 saturated carbocycles. The molecule has 0 spiro atoms. The van der Waals surface area contributed by atoms with Crippen molar-refractivity contribution >= 4 is 23.4 Å². The van der Waals surface area contributed by atoms with Crippen LogP contribution in [0.5, 0.6) is 0 Å². The van der Waals surface area contributed by atoms with Crippen molar-refractivity contribution in [2.45, 2.75) is 70.5 Å². The Morgan fingerprint density at radius 2 is 1.86 bits per heavy atom. The lowest BCUT2D eigenvalue weighted by atomic mass is 9.58. The monoisotopic (exact) mass is 507 g/mol. The normalized spacial score (nSPS) is 28.9. The minimum atomic E-state index is 0.182. The third-order valence-corrected chi connectivity index (χ3v) is 8.98. The molecule has 1 aliphatic heterocycles. The maximum absolute atomic E-state index is 9.66. The van der Waals surface area contributed by atoms with Crippen molar-refractivity contribution in [3.05, 3.63) is 46.6 Å². The smallest absolute Gasteiger partial charge is 0.224 e. The highest BCUT2D eigenvalue weighted by Crippen LogP contribution is 2.51. The van der Waals surface area contributed by atoms with Crippen LogP contribution in [-0.4, -0.2) is 46.6 Å². The number of piperidine rings is 1. The summed E-state index contributed by atoms with van der Waals surface area (Å²) in [5.74, 6) is 2.58. The molecule has 2 bridgehead atoms. The molecule has 4 atom stereocenters. The molecule has 2 aromatic rings. The zero-order chi connectivity index (χ0) is 25.1. The molecule has 4 N–H and O–H groups in total. The van der Waals surface area contributed by atoms with Crippen LogP contribution in [0.3, 0.4) is 0 Å². The summed E-state index contributed by atoms with van der Waals surface area (Å²) in [6.07, 6.45) is 10.3. The van der Waals surface area contributed by atoms with Crippen LogP contribution in [0, 0.1) is 28.6 Å². The molecule has 1 saturated heterocycles. The molecule has 3 aliphatic rings. The summed E-state index contributed by atoms with van der Waals surface area (Å²) in [5.41, 5.74) is 7.83. The topological polar surface area (TPSA) is 103 Å². The van der Waals surface area contributed by atoms with Crippen LogP contribution < -0.4 is 16.4 Å². The second-order valence-corrected chi connectivity index (χ2v) is 11.8. The van der Waals surface area contributed by atoms with Gasteiger partial charge in [0.15, 0.2) is 0 Å². The third-order valence-electron chi connectivity index (χ3n) is 8.61. The van der Waals surface area contributed by atoms with Crippen LogP contribution in [0.15, 0.2) is 30.5 Å². The molecular weight excluding hydrogens is 470 g/mol. The number of benzene rings is 1. The van der Waals surface area contributed by atoms with Gasteiger partial charge < -0.3 is 16.4 Å². The van der Waals surface area contributed by atoms with Crippen molar-refractivity contribution in [2.24, 2.45) is 23.0 Å². The zero-order valence-corrected chi connectivity index (χ0v) is 22.0. The number of rotatable bonds is 7. The predicted molar refractivity (Wildman–Crippen MR) is 145 cm³/mol. The molecule has 0 radical (unpaired) electrons. The van der Waals surface area contributed by atoms with Gasteiger partial charge in [0.25, 0.3) is 0 Å². The lowest BCUT2D eigenvalue weighted by Gasteiger charge is -2.55. The predicted octanol–water partition coefficient (Wildman–Crippen LogP) is 5.03. The molecule has 2 aliphatic carbocycles. The SMILES string of the molecule is CC1(CNc2nc(NCc3ccccc3Cl)ncc2C#N)C[C@H]2CCC[C@@H](C1)C2N1CCC(N)CC1. The van der Waals surface area contributed by atoms with E-state index >= 15 is 0 Å². The van der Waals surface area contributed by atoms with Gasteiger partial charge in [-0.2, -0.15) is 10.2 Å². The molecule has 1 aromatic carbocycles. The number of hydrogen-bond acceptors (Lipinski definition) is 7. The number of anilines is 2. The first-order valence-electron chi connectivity index (χ1n) is 13.4. The van der Waals surface area contributed by atoms with Crippen LogP contribution in [0.2, 0.25) is 5.02 Å². The van der Waals surface area contributed by atoms with E-state index in [0.717, 1.165) is 49.9 Å². The van der Waals surface area contributed by atoms with Crippen molar-refractivity contribution in [3.8, 4) is 6.07 Å². The van der Waals surface area contributed by atoms with E-state index in [9.17, 15) is 5.26 Å². The molecule has 5 rings (SSSR count). The van der Waals surface area contributed by atoms with E-state index in [1.807, 2.05) is 24.3 Å². The number of likely N-dealkylation sites (tertiary alicyclic amines) is 1. The van der Waals surface area contributed by atoms with Crippen molar-refractivity contribution in [1.82, 2.24) is 14.9 Å². The highest BCUT2D eigenvalue weighted by atomic mass is 35.5. The molecular formula is C28H38ClN7. The summed E-state index contributed by atoms with van der Waals surface area (Å²) in [7, 11) is 0. The number of nitrogens with zero attached hydrogens (tertiary/aromatic N) is 4. The van der Waals surface area contributed by atoms with Gasteiger partial charge in [-0.05, 0) is 80.5 Å². The van der Waals surface area contributed by atoms with Crippen molar-refractivity contribution in [3.63, 3.8) is 0 Å².